The average molecular weight is 372 g/mol. The van der Waals surface area contributed by atoms with Gasteiger partial charge in [-0.3, -0.25) is 4.99 Å². The minimum absolute atomic E-state index is 0.962. The fraction of sp³-hybridized carbons (Fsp3) is 0.381. The van der Waals surface area contributed by atoms with Crippen LogP contribution in [-0.4, -0.2) is 6.21 Å². The SMILES string of the molecule is CCCCCCCCc1ccc(C=Nc2ccccc2Br)cc1. The van der Waals surface area contributed by atoms with Crippen LogP contribution in [0.25, 0.3) is 0 Å². The molecule has 2 heteroatoms. The van der Waals surface area contributed by atoms with E-state index in [-0.39, 0.29) is 0 Å². The lowest BCUT2D eigenvalue weighted by Crippen LogP contribution is -1.88. The van der Waals surface area contributed by atoms with Gasteiger partial charge in [-0.25, -0.2) is 0 Å². The van der Waals surface area contributed by atoms with Crippen LogP contribution in [0.4, 0.5) is 5.69 Å². The van der Waals surface area contributed by atoms with Gasteiger partial charge >= 0.3 is 0 Å². The van der Waals surface area contributed by atoms with E-state index < -0.39 is 0 Å². The molecule has 0 aromatic heterocycles. The molecule has 0 aliphatic carbocycles. The van der Waals surface area contributed by atoms with Crippen molar-refractivity contribution in [3.05, 3.63) is 64.1 Å². The maximum atomic E-state index is 4.54. The Kier molecular flexibility index (Phi) is 8.10. The maximum Gasteiger partial charge on any atom is 0.0771 e. The van der Waals surface area contributed by atoms with Crippen molar-refractivity contribution >= 4 is 27.8 Å². The quantitative estimate of drug-likeness (QED) is 0.329. The van der Waals surface area contributed by atoms with Gasteiger partial charge in [-0.1, -0.05) is 75.4 Å². The third-order valence-electron chi connectivity index (χ3n) is 4.00. The number of rotatable bonds is 9. The van der Waals surface area contributed by atoms with E-state index in [1.807, 2.05) is 30.5 Å². The zero-order chi connectivity index (χ0) is 16.3. The molecule has 122 valence electrons. The first-order chi connectivity index (χ1) is 11.3. The van der Waals surface area contributed by atoms with Crippen molar-refractivity contribution in [2.45, 2.75) is 51.9 Å². The maximum absolute atomic E-state index is 4.54. The normalized spacial score (nSPS) is 11.2. The van der Waals surface area contributed by atoms with E-state index in [0.717, 1.165) is 15.7 Å². The molecule has 2 aromatic carbocycles. The highest BCUT2D eigenvalue weighted by atomic mass is 79.9. The van der Waals surface area contributed by atoms with Crippen LogP contribution < -0.4 is 0 Å². The molecule has 0 bridgehead atoms. The largest absolute Gasteiger partial charge is 0.255 e. The molecule has 2 aromatic rings. The zero-order valence-corrected chi connectivity index (χ0v) is 15.6. The van der Waals surface area contributed by atoms with Gasteiger partial charge in [-0.15, -0.1) is 0 Å². The summed E-state index contributed by atoms with van der Waals surface area (Å²) in [5.41, 5.74) is 3.54. The number of hydrogen-bond acceptors (Lipinski definition) is 1. The third kappa shape index (κ3) is 6.70. The van der Waals surface area contributed by atoms with Crippen LogP contribution in [0.2, 0.25) is 0 Å². The summed E-state index contributed by atoms with van der Waals surface area (Å²) < 4.78 is 1.02. The molecule has 0 spiro atoms. The Morgan fingerprint density at radius 2 is 1.57 bits per heavy atom. The van der Waals surface area contributed by atoms with Crippen molar-refractivity contribution in [2.24, 2.45) is 4.99 Å². The second-order valence-corrected chi connectivity index (χ2v) is 6.82. The molecule has 0 heterocycles. The zero-order valence-electron chi connectivity index (χ0n) is 14.0. The van der Waals surface area contributed by atoms with Crippen molar-refractivity contribution in [1.29, 1.82) is 0 Å². The number of unbranched alkanes of at least 4 members (excludes halogenated alkanes) is 5. The van der Waals surface area contributed by atoms with Gasteiger partial charge in [0.25, 0.3) is 0 Å². The third-order valence-corrected chi connectivity index (χ3v) is 4.67. The number of nitrogens with zero attached hydrogens (tertiary/aromatic N) is 1. The van der Waals surface area contributed by atoms with E-state index in [2.05, 4.69) is 52.1 Å². The van der Waals surface area contributed by atoms with Crippen molar-refractivity contribution in [3.63, 3.8) is 0 Å². The Morgan fingerprint density at radius 1 is 0.870 bits per heavy atom. The Morgan fingerprint density at radius 3 is 2.30 bits per heavy atom. The number of halogens is 1. The van der Waals surface area contributed by atoms with Gasteiger partial charge in [-0.05, 0) is 52.0 Å². The highest BCUT2D eigenvalue weighted by Gasteiger charge is 1.97. The van der Waals surface area contributed by atoms with Crippen LogP contribution in [-0.2, 0) is 6.42 Å². The first kappa shape index (κ1) is 17.9. The molecule has 0 fully saturated rings. The monoisotopic (exact) mass is 371 g/mol. The second kappa shape index (κ2) is 10.4. The van der Waals surface area contributed by atoms with Gasteiger partial charge in [0.2, 0.25) is 0 Å². The molecular weight excluding hydrogens is 346 g/mol. The van der Waals surface area contributed by atoms with Crippen molar-refractivity contribution in [3.8, 4) is 0 Å². The summed E-state index contributed by atoms with van der Waals surface area (Å²) in [6, 6.07) is 16.8. The first-order valence-electron chi connectivity index (χ1n) is 8.67. The van der Waals surface area contributed by atoms with E-state index in [0.29, 0.717) is 0 Å². The van der Waals surface area contributed by atoms with E-state index in [9.17, 15) is 0 Å². The predicted molar refractivity (Wildman–Crippen MR) is 105 cm³/mol. The first-order valence-corrected chi connectivity index (χ1v) is 9.46. The summed E-state index contributed by atoms with van der Waals surface area (Å²) in [5.74, 6) is 0. The smallest absolute Gasteiger partial charge is 0.0771 e. The van der Waals surface area contributed by atoms with E-state index in [4.69, 9.17) is 0 Å². The lowest BCUT2D eigenvalue weighted by atomic mass is 10.0. The number of hydrogen-bond donors (Lipinski definition) is 0. The molecule has 2 rings (SSSR count). The fourth-order valence-corrected chi connectivity index (χ4v) is 2.97. The molecule has 0 aliphatic rings. The standard InChI is InChI=1S/C21H26BrN/c1-2-3-4-5-6-7-10-18-13-15-19(16-14-18)17-23-21-12-9-8-11-20(21)22/h8-9,11-17H,2-7,10H2,1H3. The summed E-state index contributed by atoms with van der Waals surface area (Å²) in [6.07, 6.45) is 11.2. The van der Waals surface area contributed by atoms with Crippen LogP contribution >= 0.6 is 15.9 Å². The molecule has 23 heavy (non-hydrogen) atoms. The van der Waals surface area contributed by atoms with Gasteiger partial charge in [0, 0.05) is 10.7 Å². The average Bonchev–Trinajstić information content (AvgIpc) is 2.58. The molecule has 0 N–H and O–H groups in total. The van der Waals surface area contributed by atoms with Crippen LogP contribution in [0.3, 0.4) is 0 Å². The molecule has 0 atom stereocenters. The lowest BCUT2D eigenvalue weighted by Gasteiger charge is -2.03. The van der Waals surface area contributed by atoms with Crippen molar-refractivity contribution in [1.82, 2.24) is 0 Å². The fourth-order valence-electron chi connectivity index (χ4n) is 2.58. The highest BCUT2D eigenvalue weighted by molar-refractivity contribution is 9.10. The summed E-state index contributed by atoms with van der Waals surface area (Å²) >= 11 is 3.52. The summed E-state index contributed by atoms with van der Waals surface area (Å²) in [7, 11) is 0. The summed E-state index contributed by atoms with van der Waals surface area (Å²) in [6.45, 7) is 2.27. The van der Waals surface area contributed by atoms with E-state index in [1.54, 1.807) is 0 Å². The van der Waals surface area contributed by atoms with Gasteiger partial charge < -0.3 is 0 Å². The minimum Gasteiger partial charge on any atom is -0.255 e. The van der Waals surface area contributed by atoms with E-state index >= 15 is 0 Å². The Hall–Kier alpha value is -1.41. The number of aryl methyl sites for hydroxylation is 1. The molecule has 0 saturated heterocycles. The van der Waals surface area contributed by atoms with Crippen LogP contribution in [0, 0.1) is 0 Å². The topological polar surface area (TPSA) is 12.4 Å². The van der Waals surface area contributed by atoms with Crippen LogP contribution in [0.5, 0.6) is 0 Å². The Balaban J connectivity index is 1.79. The minimum atomic E-state index is 0.962. The van der Waals surface area contributed by atoms with Crippen molar-refractivity contribution in [2.75, 3.05) is 0 Å². The summed E-state index contributed by atoms with van der Waals surface area (Å²) in [4.78, 5) is 4.54. The molecule has 0 aliphatic heterocycles. The predicted octanol–water partition coefficient (Wildman–Crippen LogP) is 7.10. The molecular formula is C21H26BrN. The number of aliphatic imine (C=N–C) groups is 1. The number of para-hydroxylation sites is 1. The Bertz CT molecular complexity index is 601. The molecule has 0 unspecified atom stereocenters. The lowest BCUT2D eigenvalue weighted by molar-refractivity contribution is 0.607. The second-order valence-electron chi connectivity index (χ2n) is 5.97. The molecule has 0 radical (unpaired) electrons. The molecule has 0 saturated carbocycles. The van der Waals surface area contributed by atoms with Crippen LogP contribution in [0.15, 0.2) is 58.0 Å². The van der Waals surface area contributed by atoms with E-state index in [1.165, 1.54) is 50.5 Å². The van der Waals surface area contributed by atoms with Crippen LogP contribution in [0.1, 0.15) is 56.6 Å². The summed E-state index contributed by atoms with van der Waals surface area (Å²) in [5, 5.41) is 0. The Labute approximate surface area is 149 Å². The number of benzene rings is 2. The molecule has 0 amide bonds. The van der Waals surface area contributed by atoms with Gasteiger partial charge in [0.1, 0.15) is 0 Å². The highest BCUT2D eigenvalue weighted by Crippen LogP contribution is 2.24. The van der Waals surface area contributed by atoms with Gasteiger partial charge in [0.15, 0.2) is 0 Å². The molecule has 1 nitrogen and oxygen atoms in total. The van der Waals surface area contributed by atoms with Gasteiger partial charge in [-0.2, -0.15) is 0 Å². The van der Waals surface area contributed by atoms with Gasteiger partial charge in [0.05, 0.1) is 5.69 Å². The van der Waals surface area contributed by atoms with Crippen molar-refractivity contribution < 1.29 is 0 Å².